The SMILES string of the molecule is Cn1nccc1C1Nc2ccc(S(=O)(=O)N3CCOCC3)cc2C2CCC3CCCC3C21. The average Bonchev–Trinajstić information content (AvgIpc) is 3.47. The van der Waals surface area contributed by atoms with Gasteiger partial charge in [0.1, 0.15) is 0 Å². The minimum Gasteiger partial charge on any atom is -0.379 e. The molecule has 0 radical (unpaired) electrons. The number of fused-ring (bicyclic) bond motifs is 5. The molecule has 3 fully saturated rings. The van der Waals surface area contributed by atoms with Gasteiger partial charge in [0.25, 0.3) is 0 Å². The van der Waals surface area contributed by atoms with Gasteiger partial charge in [-0.3, -0.25) is 4.68 Å². The number of morpholine rings is 1. The summed E-state index contributed by atoms with van der Waals surface area (Å²) >= 11 is 0. The monoisotopic (exact) mass is 456 g/mol. The lowest BCUT2D eigenvalue weighted by Crippen LogP contribution is -2.42. The second kappa shape index (κ2) is 7.85. The molecular formula is C24H32N4O3S. The van der Waals surface area contributed by atoms with Crippen molar-refractivity contribution in [1.29, 1.82) is 0 Å². The minimum atomic E-state index is -3.50. The van der Waals surface area contributed by atoms with Crippen molar-refractivity contribution in [2.75, 3.05) is 31.6 Å². The molecule has 7 nitrogen and oxygen atoms in total. The average molecular weight is 457 g/mol. The number of hydrogen-bond donors (Lipinski definition) is 1. The predicted molar refractivity (Wildman–Crippen MR) is 122 cm³/mol. The van der Waals surface area contributed by atoms with E-state index in [2.05, 4.69) is 16.5 Å². The highest BCUT2D eigenvalue weighted by molar-refractivity contribution is 7.89. The Morgan fingerprint density at radius 2 is 1.94 bits per heavy atom. The molecule has 0 amide bonds. The van der Waals surface area contributed by atoms with Crippen molar-refractivity contribution in [2.24, 2.45) is 24.8 Å². The van der Waals surface area contributed by atoms with E-state index >= 15 is 0 Å². The summed E-state index contributed by atoms with van der Waals surface area (Å²) in [5, 5.41) is 8.27. The summed E-state index contributed by atoms with van der Waals surface area (Å²) in [5.41, 5.74) is 3.49. The van der Waals surface area contributed by atoms with Crippen LogP contribution in [0.4, 0.5) is 5.69 Å². The van der Waals surface area contributed by atoms with Gasteiger partial charge in [-0.1, -0.05) is 12.8 Å². The summed E-state index contributed by atoms with van der Waals surface area (Å²) in [5.74, 6) is 2.34. The molecule has 1 N–H and O–H groups in total. The van der Waals surface area contributed by atoms with Crippen LogP contribution < -0.4 is 5.32 Å². The normalized spacial score (nSPS) is 32.6. The molecule has 4 aliphatic rings. The molecule has 2 aliphatic heterocycles. The number of anilines is 1. The van der Waals surface area contributed by atoms with Gasteiger partial charge in [0, 0.05) is 32.0 Å². The summed E-state index contributed by atoms with van der Waals surface area (Å²) in [6.45, 7) is 1.78. The van der Waals surface area contributed by atoms with Crippen LogP contribution in [0.1, 0.15) is 55.3 Å². The summed E-state index contributed by atoms with van der Waals surface area (Å²) < 4.78 is 35.6. The fourth-order valence-electron chi connectivity index (χ4n) is 6.96. The van der Waals surface area contributed by atoms with E-state index in [0.717, 1.165) is 18.0 Å². The van der Waals surface area contributed by atoms with Gasteiger partial charge in [0.05, 0.1) is 29.8 Å². The Hall–Kier alpha value is -1.90. The number of nitrogens with zero attached hydrogens (tertiary/aromatic N) is 3. The molecule has 1 aromatic heterocycles. The maximum atomic E-state index is 13.3. The quantitative estimate of drug-likeness (QED) is 0.765. The molecule has 6 rings (SSSR count). The number of aromatic nitrogens is 2. The predicted octanol–water partition coefficient (Wildman–Crippen LogP) is 3.52. The molecule has 3 heterocycles. The zero-order valence-corrected chi connectivity index (χ0v) is 19.4. The van der Waals surface area contributed by atoms with Crippen LogP contribution in [0.5, 0.6) is 0 Å². The third kappa shape index (κ3) is 3.22. The molecule has 172 valence electrons. The number of nitrogens with one attached hydrogen (secondary N) is 1. The van der Waals surface area contributed by atoms with Crippen LogP contribution in [0.25, 0.3) is 0 Å². The molecule has 5 unspecified atom stereocenters. The summed E-state index contributed by atoms with van der Waals surface area (Å²) in [6.07, 6.45) is 8.20. The number of rotatable bonds is 3. The van der Waals surface area contributed by atoms with E-state index < -0.39 is 10.0 Å². The number of hydrogen-bond acceptors (Lipinski definition) is 5. The first-order chi connectivity index (χ1) is 15.5. The first-order valence-corrected chi connectivity index (χ1v) is 13.4. The Morgan fingerprint density at radius 3 is 2.72 bits per heavy atom. The third-order valence-corrected chi connectivity index (χ3v) is 10.3. The second-order valence-corrected chi connectivity index (χ2v) is 11.8. The fraction of sp³-hybridized carbons (Fsp3) is 0.625. The van der Waals surface area contributed by atoms with Gasteiger partial charge in [0.15, 0.2) is 0 Å². The maximum absolute atomic E-state index is 13.3. The van der Waals surface area contributed by atoms with Crippen LogP contribution in [0.15, 0.2) is 35.4 Å². The molecule has 2 aromatic rings. The molecule has 2 aliphatic carbocycles. The lowest BCUT2D eigenvalue weighted by Gasteiger charge is -2.49. The molecule has 5 atom stereocenters. The van der Waals surface area contributed by atoms with Gasteiger partial charge in [-0.25, -0.2) is 8.42 Å². The van der Waals surface area contributed by atoms with Crippen molar-refractivity contribution in [3.05, 3.63) is 41.7 Å². The Kier molecular flexibility index (Phi) is 5.08. The summed E-state index contributed by atoms with van der Waals surface area (Å²) in [7, 11) is -1.48. The van der Waals surface area contributed by atoms with Gasteiger partial charge in [0.2, 0.25) is 10.0 Å². The van der Waals surface area contributed by atoms with E-state index in [4.69, 9.17) is 4.74 Å². The second-order valence-electron chi connectivity index (χ2n) is 9.88. The number of sulfonamides is 1. The summed E-state index contributed by atoms with van der Waals surface area (Å²) in [4.78, 5) is 0.422. The molecule has 2 saturated carbocycles. The lowest BCUT2D eigenvalue weighted by molar-refractivity contribution is 0.0730. The standard InChI is InChI=1S/C24H32N4O3S/c1-27-22(9-10-25-27)24-23-18-4-2-3-16(18)5-7-19(23)20-15-17(6-8-21(20)26-24)32(29,30)28-11-13-31-14-12-28/h6,8-10,15-16,18-19,23-24,26H,2-5,7,11-14H2,1H3. The van der Waals surface area contributed by atoms with Crippen LogP contribution in [0.3, 0.4) is 0 Å². The first-order valence-electron chi connectivity index (χ1n) is 12.0. The zero-order valence-electron chi connectivity index (χ0n) is 18.6. The smallest absolute Gasteiger partial charge is 0.243 e. The Bertz CT molecular complexity index is 1110. The molecule has 0 spiro atoms. The number of benzene rings is 1. The highest BCUT2D eigenvalue weighted by Gasteiger charge is 2.49. The van der Waals surface area contributed by atoms with Crippen LogP contribution in [0, 0.1) is 17.8 Å². The van der Waals surface area contributed by atoms with Crippen molar-refractivity contribution >= 4 is 15.7 Å². The van der Waals surface area contributed by atoms with Crippen molar-refractivity contribution in [3.8, 4) is 0 Å². The molecule has 1 aromatic carbocycles. The zero-order chi connectivity index (χ0) is 21.9. The van der Waals surface area contributed by atoms with Crippen LogP contribution in [-0.4, -0.2) is 48.8 Å². The lowest BCUT2D eigenvalue weighted by atomic mass is 9.61. The van der Waals surface area contributed by atoms with Crippen LogP contribution in [-0.2, 0) is 21.8 Å². The van der Waals surface area contributed by atoms with Crippen molar-refractivity contribution in [2.45, 2.75) is 49.0 Å². The van der Waals surface area contributed by atoms with E-state index in [9.17, 15) is 8.42 Å². The van der Waals surface area contributed by atoms with E-state index in [0.29, 0.717) is 49.0 Å². The van der Waals surface area contributed by atoms with Crippen LogP contribution in [0.2, 0.25) is 0 Å². The summed E-state index contributed by atoms with van der Waals surface area (Å²) in [6, 6.07) is 8.09. The third-order valence-electron chi connectivity index (χ3n) is 8.43. The fourth-order valence-corrected chi connectivity index (χ4v) is 8.40. The first kappa shape index (κ1) is 20.7. The van der Waals surface area contributed by atoms with Crippen molar-refractivity contribution < 1.29 is 13.2 Å². The number of ether oxygens (including phenoxy) is 1. The van der Waals surface area contributed by atoms with Gasteiger partial charge in [-0.2, -0.15) is 9.40 Å². The Labute approximate surface area is 190 Å². The van der Waals surface area contributed by atoms with E-state index in [1.807, 2.05) is 30.1 Å². The molecular weight excluding hydrogens is 424 g/mol. The highest BCUT2D eigenvalue weighted by Crippen LogP contribution is 2.59. The van der Waals surface area contributed by atoms with Crippen molar-refractivity contribution in [1.82, 2.24) is 14.1 Å². The minimum absolute atomic E-state index is 0.215. The maximum Gasteiger partial charge on any atom is 0.243 e. The Morgan fingerprint density at radius 1 is 1.09 bits per heavy atom. The van der Waals surface area contributed by atoms with E-state index in [-0.39, 0.29) is 6.04 Å². The van der Waals surface area contributed by atoms with E-state index in [1.165, 1.54) is 36.9 Å². The van der Waals surface area contributed by atoms with Gasteiger partial charge in [-0.05, 0) is 72.8 Å². The molecule has 8 heteroatoms. The topological polar surface area (TPSA) is 76.5 Å². The van der Waals surface area contributed by atoms with Crippen molar-refractivity contribution in [3.63, 3.8) is 0 Å². The van der Waals surface area contributed by atoms with E-state index in [1.54, 1.807) is 10.4 Å². The molecule has 1 saturated heterocycles. The van der Waals surface area contributed by atoms with Crippen LogP contribution >= 0.6 is 0 Å². The molecule has 0 bridgehead atoms. The molecule has 32 heavy (non-hydrogen) atoms. The van der Waals surface area contributed by atoms with Gasteiger partial charge in [-0.15, -0.1) is 0 Å². The largest absolute Gasteiger partial charge is 0.379 e. The van der Waals surface area contributed by atoms with Gasteiger partial charge < -0.3 is 10.1 Å². The number of aryl methyl sites for hydroxylation is 1. The van der Waals surface area contributed by atoms with Gasteiger partial charge >= 0.3 is 0 Å². The Balaban J connectivity index is 1.42. The highest BCUT2D eigenvalue weighted by atomic mass is 32.2.